The lowest BCUT2D eigenvalue weighted by molar-refractivity contribution is 1.53. The fraction of sp³-hybridized carbons (Fsp3) is 0. The van der Waals surface area contributed by atoms with Crippen LogP contribution in [-0.4, -0.2) is 0 Å². The van der Waals surface area contributed by atoms with Crippen LogP contribution in [0.2, 0.25) is 0 Å². The van der Waals surface area contributed by atoms with Crippen LogP contribution < -0.4 is 0 Å². The van der Waals surface area contributed by atoms with Crippen LogP contribution in [0.4, 0.5) is 0 Å². The summed E-state index contributed by atoms with van der Waals surface area (Å²) in [4.78, 5) is 0. The van der Waals surface area contributed by atoms with Gasteiger partial charge in [-0.3, -0.25) is 0 Å². The lowest BCUT2D eigenvalue weighted by Crippen LogP contribution is -1.69. The topological polar surface area (TPSA) is 23.8 Å². The molecule has 0 unspecified atom stereocenters. The van der Waals surface area contributed by atoms with Gasteiger partial charge in [0.15, 0.2) is 0 Å². The monoisotopic (exact) mass is 207 g/mol. The van der Waals surface area contributed by atoms with Gasteiger partial charge in [-0.05, 0) is 23.8 Å². The Balaban J connectivity index is 2.84. The summed E-state index contributed by atoms with van der Waals surface area (Å²) < 4.78 is 1.05. The summed E-state index contributed by atoms with van der Waals surface area (Å²) in [6, 6.07) is 9.71. The molecule has 0 aliphatic rings. The molecular weight excluding hydrogens is 202 g/mol. The second-order valence-electron chi connectivity index (χ2n) is 2.01. The molecule has 0 spiro atoms. The maximum Gasteiger partial charge on any atom is 0.0912 e. The molecule has 0 atom stereocenters. The molecule has 1 aromatic carbocycles. The summed E-state index contributed by atoms with van der Waals surface area (Å²) >= 11 is 3.32. The number of hydrogen-bond acceptors (Lipinski definition) is 1. The number of rotatable bonds is 1. The second-order valence-corrected chi connectivity index (χ2v) is 2.93. The van der Waals surface area contributed by atoms with Crippen LogP contribution in [0.15, 0.2) is 34.8 Å². The van der Waals surface area contributed by atoms with Crippen molar-refractivity contribution in [3.8, 4) is 6.07 Å². The van der Waals surface area contributed by atoms with E-state index in [4.69, 9.17) is 5.26 Å². The van der Waals surface area contributed by atoms with Crippen molar-refractivity contribution in [2.75, 3.05) is 0 Å². The summed E-state index contributed by atoms with van der Waals surface area (Å²) in [5.74, 6) is 0. The molecule has 1 rings (SSSR count). The van der Waals surface area contributed by atoms with Gasteiger partial charge in [0.2, 0.25) is 0 Å². The number of halogens is 1. The smallest absolute Gasteiger partial charge is 0.0912 e. The van der Waals surface area contributed by atoms with Gasteiger partial charge in [0.05, 0.1) is 6.07 Å². The van der Waals surface area contributed by atoms with Crippen LogP contribution >= 0.6 is 15.9 Å². The zero-order valence-electron chi connectivity index (χ0n) is 5.79. The zero-order chi connectivity index (χ0) is 8.10. The average Bonchev–Trinajstić information content (AvgIpc) is 2.04. The SMILES string of the molecule is N#CC=Cc1ccc(Br)cc1. The Kier molecular flexibility index (Phi) is 2.88. The number of nitriles is 1. The van der Waals surface area contributed by atoms with Crippen LogP contribution in [0.3, 0.4) is 0 Å². The van der Waals surface area contributed by atoms with E-state index < -0.39 is 0 Å². The Morgan fingerprint density at radius 2 is 1.91 bits per heavy atom. The molecule has 11 heavy (non-hydrogen) atoms. The molecule has 0 aromatic heterocycles. The van der Waals surface area contributed by atoms with Crippen LogP contribution in [0.25, 0.3) is 6.08 Å². The van der Waals surface area contributed by atoms with Gasteiger partial charge >= 0.3 is 0 Å². The molecule has 0 saturated heterocycles. The van der Waals surface area contributed by atoms with Crippen LogP contribution in [0, 0.1) is 11.3 Å². The molecule has 0 heterocycles. The Morgan fingerprint density at radius 3 is 2.45 bits per heavy atom. The van der Waals surface area contributed by atoms with Gasteiger partial charge in [-0.2, -0.15) is 5.26 Å². The second kappa shape index (κ2) is 3.95. The third kappa shape index (κ3) is 2.57. The molecule has 1 aromatic rings. The molecule has 0 radical (unpaired) electrons. The van der Waals surface area contributed by atoms with E-state index in [1.54, 1.807) is 6.08 Å². The van der Waals surface area contributed by atoms with E-state index in [2.05, 4.69) is 15.9 Å². The number of nitrogens with zero attached hydrogens (tertiary/aromatic N) is 1. The van der Waals surface area contributed by atoms with Crippen LogP contribution in [-0.2, 0) is 0 Å². The molecule has 0 saturated carbocycles. The van der Waals surface area contributed by atoms with Gasteiger partial charge in [0.25, 0.3) is 0 Å². The van der Waals surface area contributed by atoms with Crippen molar-refractivity contribution >= 4 is 22.0 Å². The van der Waals surface area contributed by atoms with Gasteiger partial charge in [-0.15, -0.1) is 0 Å². The first-order chi connectivity index (χ1) is 5.33. The summed E-state index contributed by atoms with van der Waals surface area (Å²) in [5.41, 5.74) is 1.04. The average molecular weight is 208 g/mol. The normalized spacial score (nSPS) is 9.82. The maximum atomic E-state index is 8.24. The largest absolute Gasteiger partial charge is 0.193 e. The molecule has 0 amide bonds. The summed E-state index contributed by atoms with van der Waals surface area (Å²) in [7, 11) is 0. The highest BCUT2D eigenvalue weighted by Crippen LogP contribution is 2.11. The minimum absolute atomic E-state index is 1.04. The Morgan fingerprint density at radius 1 is 1.27 bits per heavy atom. The Labute approximate surface area is 74.1 Å². The Bertz CT molecular complexity index is 292. The highest BCUT2D eigenvalue weighted by molar-refractivity contribution is 9.10. The number of allylic oxidation sites excluding steroid dienone is 1. The van der Waals surface area contributed by atoms with E-state index in [0.29, 0.717) is 0 Å². The quantitative estimate of drug-likeness (QED) is 0.650. The molecule has 0 aliphatic carbocycles. The van der Waals surface area contributed by atoms with Gasteiger partial charge < -0.3 is 0 Å². The molecular formula is C9H6BrN. The predicted molar refractivity (Wildman–Crippen MR) is 48.8 cm³/mol. The van der Waals surface area contributed by atoms with Crippen molar-refractivity contribution < 1.29 is 0 Å². The summed E-state index contributed by atoms with van der Waals surface area (Å²) in [5, 5.41) is 8.24. The summed E-state index contributed by atoms with van der Waals surface area (Å²) in [6.45, 7) is 0. The number of benzene rings is 1. The lowest BCUT2D eigenvalue weighted by Gasteiger charge is -1.90. The van der Waals surface area contributed by atoms with E-state index in [0.717, 1.165) is 10.0 Å². The van der Waals surface area contributed by atoms with Crippen molar-refractivity contribution in [3.63, 3.8) is 0 Å². The van der Waals surface area contributed by atoms with E-state index >= 15 is 0 Å². The molecule has 0 N–H and O–H groups in total. The van der Waals surface area contributed by atoms with E-state index in [1.165, 1.54) is 6.08 Å². The van der Waals surface area contributed by atoms with Gasteiger partial charge in [0, 0.05) is 10.5 Å². The predicted octanol–water partition coefficient (Wildman–Crippen LogP) is 2.99. The van der Waals surface area contributed by atoms with Crippen LogP contribution in [0.1, 0.15) is 5.56 Å². The molecule has 2 heteroatoms. The maximum absolute atomic E-state index is 8.24. The van der Waals surface area contributed by atoms with Gasteiger partial charge in [0.1, 0.15) is 0 Å². The van der Waals surface area contributed by atoms with Crippen molar-refractivity contribution in [2.45, 2.75) is 0 Å². The third-order valence-electron chi connectivity index (χ3n) is 1.22. The highest BCUT2D eigenvalue weighted by atomic mass is 79.9. The molecule has 0 fully saturated rings. The molecule has 0 bridgehead atoms. The minimum atomic E-state index is 1.04. The lowest BCUT2D eigenvalue weighted by atomic mass is 10.2. The molecule has 54 valence electrons. The van der Waals surface area contributed by atoms with Gasteiger partial charge in [-0.1, -0.05) is 28.1 Å². The van der Waals surface area contributed by atoms with E-state index in [9.17, 15) is 0 Å². The fourth-order valence-corrected chi connectivity index (χ4v) is 0.972. The number of hydrogen-bond donors (Lipinski definition) is 0. The van der Waals surface area contributed by atoms with Crippen LogP contribution in [0.5, 0.6) is 0 Å². The standard InChI is InChI=1S/C9H6BrN/c10-9-5-3-8(4-6-9)2-1-7-11/h1-6H. The molecule has 1 nitrogen and oxygen atoms in total. The molecule has 0 aliphatic heterocycles. The van der Waals surface area contributed by atoms with Gasteiger partial charge in [-0.25, -0.2) is 0 Å². The van der Waals surface area contributed by atoms with Crippen molar-refractivity contribution in [2.24, 2.45) is 0 Å². The minimum Gasteiger partial charge on any atom is -0.193 e. The Hall–Kier alpha value is -1.07. The first-order valence-electron chi connectivity index (χ1n) is 3.14. The summed E-state index contributed by atoms with van der Waals surface area (Å²) in [6.07, 6.45) is 3.23. The van der Waals surface area contributed by atoms with Crippen molar-refractivity contribution in [1.29, 1.82) is 5.26 Å². The highest BCUT2D eigenvalue weighted by Gasteiger charge is 1.85. The van der Waals surface area contributed by atoms with Crippen molar-refractivity contribution in [3.05, 3.63) is 40.4 Å². The third-order valence-corrected chi connectivity index (χ3v) is 1.75. The van der Waals surface area contributed by atoms with Crippen molar-refractivity contribution in [1.82, 2.24) is 0 Å². The van der Waals surface area contributed by atoms with E-state index in [1.807, 2.05) is 30.3 Å². The van der Waals surface area contributed by atoms with E-state index in [-0.39, 0.29) is 0 Å². The first-order valence-corrected chi connectivity index (χ1v) is 3.94. The first kappa shape index (κ1) is 8.03. The fourth-order valence-electron chi connectivity index (χ4n) is 0.707. The zero-order valence-corrected chi connectivity index (χ0v) is 7.38.